The maximum Gasteiger partial charge on any atom is 0.313 e. The van der Waals surface area contributed by atoms with Gasteiger partial charge in [0.2, 0.25) is 0 Å². The van der Waals surface area contributed by atoms with Crippen LogP contribution in [0.15, 0.2) is 20.3 Å². The van der Waals surface area contributed by atoms with Gasteiger partial charge in [0.25, 0.3) is 0 Å². The smallest absolute Gasteiger partial charge is 0.313 e. The van der Waals surface area contributed by atoms with Crippen LogP contribution < -0.4 is 0 Å². The summed E-state index contributed by atoms with van der Waals surface area (Å²) in [4.78, 5) is 11.7. The highest BCUT2D eigenvalue weighted by molar-refractivity contribution is 14.1. The zero-order chi connectivity index (χ0) is 13.2. The van der Waals surface area contributed by atoms with Crippen molar-refractivity contribution in [1.82, 2.24) is 0 Å². The first-order valence-electron chi connectivity index (χ1n) is 4.95. The van der Waals surface area contributed by atoms with Crippen LogP contribution in [0, 0.1) is 5.92 Å². The highest BCUT2D eigenvalue weighted by atomic mass is 127. The van der Waals surface area contributed by atoms with Crippen molar-refractivity contribution in [3.8, 4) is 0 Å². The number of hydrogen-bond donors (Lipinski definition) is 1. The Labute approximate surface area is 119 Å². The zero-order valence-corrected chi connectivity index (χ0v) is 12.7. The molecule has 2 atom stereocenters. The van der Waals surface area contributed by atoms with Crippen LogP contribution >= 0.6 is 34.2 Å². The van der Waals surface area contributed by atoms with E-state index in [0.717, 1.165) is 3.58 Å². The van der Waals surface area contributed by atoms with E-state index in [1.807, 2.05) is 0 Å². The molecule has 1 N–H and O–H groups in total. The molecular formula is C11H14ClIO4. The maximum atomic E-state index is 11.7. The number of aliphatic hydroxyl groups is 1. The highest BCUT2D eigenvalue weighted by Crippen LogP contribution is 2.39. The molecule has 0 aromatic carbocycles. The lowest BCUT2D eigenvalue weighted by atomic mass is 9.86. The van der Waals surface area contributed by atoms with E-state index in [-0.39, 0.29) is 0 Å². The minimum atomic E-state index is -1.51. The van der Waals surface area contributed by atoms with E-state index >= 15 is 0 Å². The molecule has 0 bridgehead atoms. The van der Waals surface area contributed by atoms with Gasteiger partial charge in [0.1, 0.15) is 0 Å². The molecule has 0 fully saturated rings. The molecule has 0 radical (unpaired) electrons. The van der Waals surface area contributed by atoms with Crippen molar-refractivity contribution in [3.63, 3.8) is 0 Å². The quantitative estimate of drug-likeness (QED) is 0.469. The summed E-state index contributed by atoms with van der Waals surface area (Å²) in [6.45, 7) is 1.48. The van der Waals surface area contributed by atoms with Crippen LogP contribution in [-0.4, -0.2) is 31.1 Å². The van der Waals surface area contributed by atoms with Crippen LogP contribution in [0.1, 0.15) is 13.3 Å². The van der Waals surface area contributed by atoms with Crippen molar-refractivity contribution in [2.75, 3.05) is 14.2 Å². The molecule has 1 aliphatic rings. The summed E-state index contributed by atoms with van der Waals surface area (Å²) < 4.78 is 10.5. The zero-order valence-electron chi connectivity index (χ0n) is 9.79. The van der Waals surface area contributed by atoms with Gasteiger partial charge in [-0.15, -0.1) is 0 Å². The van der Waals surface area contributed by atoms with Gasteiger partial charge in [0, 0.05) is 27.7 Å². The molecule has 1 aliphatic carbocycles. The van der Waals surface area contributed by atoms with E-state index in [0.29, 0.717) is 17.0 Å². The minimum Gasteiger partial charge on any atom is -0.469 e. The van der Waals surface area contributed by atoms with Gasteiger partial charge in [-0.3, -0.25) is 4.79 Å². The summed E-state index contributed by atoms with van der Waals surface area (Å²) in [5.41, 5.74) is 0.459. The fourth-order valence-corrected chi connectivity index (χ4v) is 2.39. The first kappa shape index (κ1) is 14.9. The Morgan fingerprint density at radius 1 is 1.65 bits per heavy atom. The fourth-order valence-electron chi connectivity index (χ4n) is 1.63. The number of halogens is 2. The number of carbonyl (C=O) groups excluding carboxylic acids is 1. The average molecular weight is 373 g/mol. The maximum absolute atomic E-state index is 11.7. The van der Waals surface area contributed by atoms with Crippen LogP contribution in [0.3, 0.4) is 0 Å². The van der Waals surface area contributed by atoms with E-state index in [1.165, 1.54) is 21.1 Å². The van der Waals surface area contributed by atoms with Crippen molar-refractivity contribution in [2.45, 2.75) is 19.1 Å². The number of rotatable bonds is 3. The molecule has 0 aromatic heterocycles. The summed E-state index contributed by atoms with van der Waals surface area (Å²) in [5.74, 6) is -2.55. The van der Waals surface area contributed by atoms with Crippen LogP contribution in [-0.2, 0) is 14.3 Å². The molecular weight excluding hydrogens is 358 g/mol. The van der Waals surface area contributed by atoms with Crippen LogP contribution in [0.25, 0.3) is 0 Å². The van der Waals surface area contributed by atoms with Gasteiger partial charge in [-0.05, 0) is 35.6 Å². The summed E-state index contributed by atoms with van der Waals surface area (Å²) in [7, 11) is 2.68. The normalized spacial score (nSPS) is 24.1. The molecule has 0 heterocycles. The molecule has 0 aliphatic heterocycles. The van der Waals surface area contributed by atoms with Crippen LogP contribution in [0.4, 0.5) is 0 Å². The Bertz CT molecular complexity index is 387. The van der Waals surface area contributed by atoms with Gasteiger partial charge < -0.3 is 14.6 Å². The van der Waals surface area contributed by atoms with Gasteiger partial charge in [-0.1, -0.05) is 11.6 Å². The molecule has 6 heteroatoms. The number of ether oxygens (including phenoxy) is 2. The van der Waals surface area contributed by atoms with Gasteiger partial charge in [0.15, 0.2) is 5.79 Å². The second kappa shape index (κ2) is 5.69. The predicted octanol–water partition coefficient (Wildman–Crippen LogP) is 2.35. The van der Waals surface area contributed by atoms with Crippen molar-refractivity contribution < 1.29 is 19.4 Å². The topological polar surface area (TPSA) is 55.8 Å². The third-order valence-corrected chi connectivity index (χ3v) is 4.36. The SMILES string of the molecule is COC(=O)C1CC(Cl)=C(I)C=C1C(C)(O)OC. The van der Waals surface area contributed by atoms with Gasteiger partial charge in [-0.2, -0.15) is 0 Å². The lowest BCUT2D eigenvalue weighted by Gasteiger charge is -2.32. The standard InChI is InChI=1S/C11H14ClIO4/c1-11(15,17-3)7-5-9(13)8(12)4-6(7)10(14)16-2/h5-6,15H,4H2,1-3H3. The first-order valence-corrected chi connectivity index (χ1v) is 6.40. The Hall–Kier alpha value is -0.110. The molecule has 4 nitrogen and oxygen atoms in total. The number of allylic oxidation sites excluding steroid dienone is 3. The Balaban J connectivity index is 3.18. The van der Waals surface area contributed by atoms with E-state index in [4.69, 9.17) is 21.1 Å². The fraction of sp³-hybridized carbons (Fsp3) is 0.545. The van der Waals surface area contributed by atoms with E-state index in [9.17, 15) is 9.90 Å². The van der Waals surface area contributed by atoms with Crippen molar-refractivity contribution >= 4 is 40.2 Å². The van der Waals surface area contributed by atoms with Crippen molar-refractivity contribution in [1.29, 1.82) is 0 Å². The third kappa shape index (κ3) is 3.21. The molecule has 96 valence electrons. The van der Waals surface area contributed by atoms with Gasteiger partial charge >= 0.3 is 5.97 Å². The summed E-state index contributed by atoms with van der Waals surface area (Å²) in [6, 6.07) is 0. The molecule has 0 aromatic rings. The molecule has 1 rings (SSSR count). The van der Waals surface area contributed by atoms with Gasteiger partial charge in [-0.25, -0.2) is 0 Å². The second-order valence-electron chi connectivity index (χ2n) is 3.82. The van der Waals surface area contributed by atoms with Crippen molar-refractivity contribution in [3.05, 3.63) is 20.3 Å². The largest absolute Gasteiger partial charge is 0.469 e. The number of methoxy groups -OCH3 is 2. The molecule has 0 saturated heterocycles. The highest BCUT2D eigenvalue weighted by Gasteiger charge is 2.39. The van der Waals surface area contributed by atoms with E-state index in [2.05, 4.69) is 22.6 Å². The second-order valence-corrected chi connectivity index (χ2v) is 5.44. The molecule has 17 heavy (non-hydrogen) atoms. The summed E-state index contributed by atoms with van der Waals surface area (Å²) >= 11 is 8.07. The Morgan fingerprint density at radius 2 is 2.24 bits per heavy atom. The average Bonchev–Trinajstić information content (AvgIpc) is 2.30. The summed E-state index contributed by atoms with van der Waals surface area (Å²) in [6.07, 6.45) is 1.98. The molecule has 0 amide bonds. The molecule has 0 saturated carbocycles. The number of esters is 1. The monoisotopic (exact) mass is 372 g/mol. The predicted molar refractivity (Wildman–Crippen MR) is 72.7 cm³/mol. The Kier molecular flexibility index (Phi) is 5.00. The first-order chi connectivity index (χ1) is 7.83. The van der Waals surface area contributed by atoms with Crippen LogP contribution in [0.5, 0.6) is 0 Å². The minimum absolute atomic E-state index is 0.317. The summed E-state index contributed by atoms with van der Waals surface area (Å²) in [5, 5.41) is 10.7. The lowest BCUT2D eigenvalue weighted by molar-refractivity contribution is -0.159. The van der Waals surface area contributed by atoms with E-state index in [1.54, 1.807) is 6.08 Å². The van der Waals surface area contributed by atoms with E-state index < -0.39 is 17.7 Å². The van der Waals surface area contributed by atoms with Gasteiger partial charge in [0.05, 0.1) is 13.0 Å². The number of hydrogen-bond acceptors (Lipinski definition) is 4. The van der Waals surface area contributed by atoms with Crippen LogP contribution in [0.2, 0.25) is 0 Å². The molecule has 2 unspecified atom stereocenters. The van der Waals surface area contributed by atoms with Crippen molar-refractivity contribution in [2.24, 2.45) is 5.92 Å². The third-order valence-electron chi connectivity index (χ3n) is 2.72. The number of carbonyl (C=O) groups is 1. The Morgan fingerprint density at radius 3 is 2.71 bits per heavy atom. The molecule has 0 spiro atoms. The lowest BCUT2D eigenvalue weighted by Crippen LogP contribution is -2.37.